The lowest BCUT2D eigenvalue weighted by molar-refractivity contribution is -0.141. The van der Waals surface area contributed by atoms with Crippen molar-refractivity contribution in [2.45, 2.75) is 26.1 Å². The first-order chi connectivity index (χ1) is 13.6. The zero-order valence-corrected chi connectivity index (χ0v) is 17.0. The quantitative estimate of drug-likeness (QED) is 0.617. The highest BCUT2D eigenvalue weighted by atomic mass is 32.2. The Labute approximate surface area is 171 Å². The molecule has 1 N–H and O–H groups in total. The molecule has 146 valence electrons. The number of thioether (sulfide) groups is 1. The molecule has 4 rings (SSSR count). The molecule has 0 amide bonds. The van der Waals surface area contributed by atoms with Crippen LogP contribution in [0.15, 0.2) is 46.2 Å². The van der Waals surface area contributed by atoms with Crippen molar-refractivity contribution in [3.63, 3.8) is 0 Å². The summed E-state index contributed by atoms with van der Waals surface area (Å²) in [5.41, 5.74) is 1.80. The largest absolute Gasteiger partial charge is 0.487 e. The van der Waals surface area contributed by atoms with Gasteiger partial charge in [-0.15, -0.1) is 23.1 Å². The number of aromatic nitrogens is 1. The first-order valence-corrected chi connectivity index (χ1v) is 10.9. The summed E-state index contributed by atoms with van der Waals surface area (Å²) in [6.07, 6.45) is 0. The third-order valence-corrected chi connectivity index (χ3v) is 6.47. The van der Waals surface area contributed by atoms with E-state index in [2.05, 4.69) is 4.98 Å². The van der Waals surface area contributed by atoms with E-state index in [4.69, 9.17) is 9.15 Å². The van der Waals surface area contributed by atoms with Crippen molar-refractivity contribution in [2.24, 2.45) is 0 Å². The number of ether oxygens (including phenoxy) is 1. The van der Waals surface area contributed by atoms with Gasteiger partial charge in [0.25, 0.3) is 0 Å². The van der Waals surface area contributed by atoms with E-state index in [1.54, 1.807) is 23.1 Å². The molecular weight excluding hydrogens is 396 g/mol. The van der Waals surface area contributed by atoms with Crippen LogP contribution in [0, 0.1) is 6.92 Å². The van der Waals surface area contributed by atoms with Gasteiger partial charge in [-0.3, -0.25) is 9.69 Å². The Morgan fingerprint density at radius 1 is 1.39 bits per heavy atom. The highest BCUT2D eigenvalue weighted by molar-refractivity contribution is 7.99. The Hall–Kier alpha value is -2.29. The number of oxazole rings is 1. The normalized spacial score (nSPS) is 17.1. The topological polar surface area (TPSA) is 75.8 Å². The molecule has 1 aliphatic heterocycles. The van der Waals surface area contributed by atoms with Crippen molar-refractivity contribution in [1.29, 1.82) is 0 Å². The summed E-state index contributed by atoms with van der Waals surface area (Å²) >= 11 is 3.23. The molecule has 0 radical (unpaired) electrons. The number of carbonyl (C=O) groups is 1. The first kappa shape index (κ1) is 19.0. The van der Waals surface area contributed by atoms with Crippen LogP contribution in [0.3, 0.4) is 0 Å². The third kappa shape index (κ3) is 4.24. The van der Waals surface area contributed by atoms with Gasteiger partial charge in [0.1, 0.15) is 29.9 Å². The summed E-state index contributed by atoms with van der Waals surface area (Å²) in [6.45, 7) is 2.80. The van der Waals surface area contributed by atoms with E-state index in [0.717, 1.165) is 33.5 Å². The minimum atomic E-state index is -0.763. The first-order valence-electron chi connectivity index (χ1n) is 8.86. The molecule has 1 aliphatic rings. The summed E-state index contributed by atoms with van der Waals surface area (Å²) < 4.78 is 11.7. The van der Waals surface area contributed by atoms with E-state index < -0.39 is 12.0 Å². The summed E-state index contributed by atoms with van der Waals surface area (Å²) in [4.78, 5) is 18.9. The van der Waals surface area contributed by atoms with Gasteiger partial charge in [0.05, 0.1) is 4.88 Å². The Bertz CT molecular complexity index is 955. The van der Waals surface area contributed by atoms with Crippen LogP contribution in [0.4, 0.5) is 0 Å². The Balaban J connectivity index is 1.41. The van der Waals surface area contributed by atoms with E-state index in [-0.39, 0.29) is 0 Å². The SMILES string of the molecule is Cc1oc(-c2cccs2)nc1COc1cccc(CN2CSC[C@H]2C(=O)O)c1. The smallest absolute Gasteiger partial charge is 0.321 e. The van der Waals surface area contributed by atoms with Gasteiger partial charge in [-0.25, -0.2) is 4.98 Å². The summed E-state index contributed by atoms with van der Waals surface area (Å²) in [7, 11) is 0. The number of carboxylic acids is 1. The molecule has 0 bridgehead atoms. The minimum Gasteiger partial charge on any atom is -0.487 e. The number of nitrogens with zero attached hydrogens (tertiary/aromatic N) is 2. The summed E-state index contributed by atoms with van der Waals surface area (Å²) in [5.74, 6) is 2.69. The molecule has 1 aromatic carbocycles. The second kappa shape index (κ2) is 8.38. The molecule has 6 nitrogen and oxygen atoms in total. The van der Waals surface area contributed by atoms with Crippen LogP contribution in [0.25, 0.3) is 10.8 Å². The minimum absolute atomic E-state index is 0.321. The van der Waals surface area contributed by atoms with Gasteiger partial charge in [-0.1, -0.05) is 18.2 Å². The average Bonchev–Trinajstić information content (AvgIpc) is 3.41. The third-order valence-electron chi connectivity index (χ3n) is 4.54. The zero-order valence-electron chi connectivity index (χ0n) is 15.3. The van der Waals surface area contributed by atoms with E-state index in [9.17, 15) is 9.90 Å². The highest BCUT2D eigenvalue weighted by Gasteiger charge is 2.30. The molecule has 0 saturated carbocycles. The second-order valence-electron chi connectivity index (χ2n) is 6.54. The number of rotatable bonds is 7. The monoisotopic (exact) mass is 416 g/mol. The molecule has 1 atom stereocenters. The molecule has 0 spiro atoms. The molecule has 3 aromatic rings. The molecule has 0 unspecified atom stereocenters. The van der Waals surface area contributed by atoms with Gasteiger partial charge in [0, 0.05) is 18.2 Å². The maximum absolute atomic E-state index is 11.4. The summed E-state index contributed by atoms with van der Waals surface area (Å²) in [5, 5.41) is 11.3. The van der Waals surface area contributed by atoms with Gasteiger partial charge in [-0.2, -0.15) is 0 Å². The Kier molecular flexibility index (Phi) is 5.70. The van der Waals surface area contributed by atoms with Crippen LogP contribution in [0.2, 0.25) is 0 Å². The van der Waals surface area contributed by atoms with Crippen LogP contribution in [-0.2, 0) is 17.9 Å². The lowest BCUT2D eigenvalue weighted by Crippen LogP contribution is -2.37. The van der Waals surface area contributed by atoms with Crippen LogP contribution in [-0.4, -0.2) is 38.6 Å². The molecule has 0 aliphatic carbocycles. The number of aryl methyl sites for hydroxylation is 1. The predicted molar refractivity (Wildman–Crippen MR) is 110 cm³/mol. The number of hydrogen-bond donors (Lipinski definition) is 1. The van der Waals surface area contributed by atoms with Gasteiger partial charge in [0.2, 0.25) is 5.89 Å². The van der Waals surface area contributed by atoms with Crippen molar-refractivity contribution in [3.8, 4) is 16.5 Å². The van der Waals surface area contributed by atoms with Gasteiger partial charge in [-0.05, 0) is 36.1 Å². The van der Waals surface area contributed by atoms with Crippen molar-refractivity contribution in [3.05, 3.63) is 58.8 Å². The predicted octanol–water partition coefficient (Wildman–Crippen LogP) is 4.25. The van der Waals surface area contributed by atoms with Crippen molar-refractivity contribution < 1.29 is 19.1 Å². The maximum Gasteiger partial charge on any atom is 0.321 e. The number of carboxylic acid groups (broad SMARTS) is 1. The molecule has 3 heterocycles. The van der Waals surface area contributed by atoms with Crippen LogP contribution >= 0.6 is 23.1 Å². The van der Waals surface area contributed by atoms with Crippen LogP contribution in [0.5, 0.6) is 5.75 Å². The van der Waals surface area contributed by atoms with Crippen molar-refractivity contribution in [1.82, 2.24) is 9.88 Å². The fraction of sp³-hybridized carbons (Fsp3) is 0.300. The molecule has 28 heavy (non-hydrogen) atoms. The number of thiophene rings is 1. The van der Waals surface area contributed by atoms with Crippen molar-refractivity contribution in [2.75, 3.05) is 11.6 Å². The fourth-order valence-electron chi connectivity index (χ4n) is 3.05. The van der Waals surface area contributed by atoms with E-state index in [1.807, 2.05) is 53.6 Å². The van der Waals surface area contributed by atoms with Gasteiger partial charge in [0.15, 0.2) is 0 Å². The maximum atomic E-state index is 11.4. The molecule has 1 saturated heterocycles. The standard InChI is InChI=1S/C20H20N2O4S2/c1-13-16(21-19(26-13)18-6-3-7-28-18)10-25-15-5-2-4-14(8-15)9-22-12-27-11-17(22)20(23)24/h2-8,17H,9-12H2,1H3,(H,23,24)/t17-/m0/s1. The molecule has 8 heteroatoms. The van der Waals surface area contributed by atoms with Gasteiger partial charge < -0.3 is 14.3 Å². The molecule has 2 aromatic heterocycles. The van der Waals surface area contributed by atoms with Crippen molar-refractivity contribution >= 4 is 29.1 Å². The van der Waals surface area contributed by atoms with E-state index in [0.29, 0.717) is 24.8 Å². The Morgan fingerprint density at radius 3 is 3.07 bits per heavy atom. The number of benzene rings is 1. The second-order valence-corrected chi connectivity index (χ2v) is 8.48. The van der Waals surface area contributed by atoms with E-state index >= 15 is 0 Å². The van der Waals surface area contributed by atoms with E-state index in [1.165, 1.54) is 0 Å². The summed E-state index contributed by atoms with van der Waals surface area (Å²) in [6, 6.07) is 11.3. The fourth-order valence-corrected chi connectivity index (χ4v) is 4.88. The lowest BCUT2D eigenvalue weighted by Gasteiger charge is -2.20. The lowest BCUT2D eigenvalue weighted by atomic mass is 10.2. The molecular formula is C20H20N2O4S2. The van der Waals surface area contributed by atoms with Crippen LogP contribution < -0.4 is 4.74 Å². The Morgan fingerprint density at radius 2 is 2.29 bits per heavy atom. The van der Waals surface area contributed by atoms with Gasteiger partial charge >= 0.3 is 5.97 Å². The average molecular weight is 417 g/mol. The number of hydrogen-bond acceptors (Lipinski definition) is 7. The number of aliphatic carboxylic acids is 1. The van der Waals surface area contributed by atoms with Crippen LogP contribution in [0.1, 0.15) is 17.0 Å². The highest BCUT2D eigenvalue weighted by Crippen LogP contribution is 2.27. The molecule has 1 fully saturated rings. The zero-order chi connectivity index (χ0) is 19.5.